The molecule has 8 heteroatoms. The molecule has 1 aromatic rings. The average Bonchev–Trinajstić information content (AvgIpc) is 2.65. The molecule has 1 aliphatic rings. The van der Waals surface area contributed by atoms with Gasteiger partial charge >= 0.3 is 6.61 Å². The number of carbonyl (C=O) groups excluding carboxylic acids is 2. The van der Waals surface area contributed by atoms with Crippen LogP contribution in [0.3, 0.4) is 0 Å². The second-order valence-corrected chi connectivity index (χ2v) is 5.94. The van der Waals surface area contributed by atoms with Crippen LogP contribution in [0.2, 0.25) is 0 Å². The zero-order chi connectivity index (χ0) is 18.9. The molecule has 0 saturated carbocycles. The van der Waals surface area contributed by atoms with Crippen LogP contribution in [0.4, 0.5) is 8.78 Å². The number of amides is 2. The lowest BCUT2D eigenvalue weighted by atomic mass is 10.0. The van der Waals surface area contributed by atoms with Crippen molar-refractivity contribution < 1.29 is 27.8 Å². The maximum atomic E-state index is 12.6. The van der Waals surface area contributed by atoms with E-state index in [0.29, 0.717) is 38.3 Å². The first-order valence-corrected chi connectivity index (χ1v) is 8.70. The summed E-state index contributed by atoms with van der Waals surface area (Å²) < 4.78 is 34.8. The van der Waals surface area contributed by atoms with Crippen molar-refractivity contribution in [2.24, 2.45) is 0 Å². The molecule has 0 spiro atoms. The van der Waals surface area contributed by atoms with E-state index in [1.54, 1.807) is 23.1 Å². The van der Waals surface area contributed by atoms with Gasteiger partial charge < -0.3 is 19.7 Å². The lowest BCUT2D eigenvalue weighted by Crippen LogP contribution is -2.41. The number of benzene rings is 1. The van der Waals surface area contributed by atoms with Crippen LogP contribution in [0.5, 0.6) is 5.75 Å². The van der Waals surface area contributed by atoms with Gasteiger partial charge in [0.1, 0.15) is 5.75 Å². The number of hydrogen-bond acceptors (Lipinski definition) is 4. The maximum Gasteiger partial charge on any atom is 0.387 e. The van der Waals surface area contributed by atoms with E-state index in [0.717, 1.165) is 0 Å². The van der Waals surface area contributed by atoms with Gasteiger partial charge in [0.15, 0.2) is 0 Å². The van der Waals surface area contributed by atoms with Gasteiger partial charge in [0.2, 0.25) is 11.8 Å². The molecule has 2 rings (SSSR count). The van der Waals surface area contributed by atoms with Crippen LogP contribution >= 0.6 is 0 Å². The highest BCUT2D eigenvalue weighted by Gasteiger charge is 2.21. The number of morpholine rings is 1. The van der Waals surface area contributed by atoms with Crippen LogP contribution in [0.15, 0.2) is 24.3 Å². The molecule has 0 radical (unpaired) electrons. The van der Waals surface area contributed by atoms with Crippen LogP contribution < -0.4 is 10.1 Å². The summed E-state index contributed by atoms with van der Waals surface area (Å²) in [4.78, 5) is 26.0. The van der Waals surface area contributed by atoms with E-state index in [9.17, 15) is 18.4 Å². The van der Waals surface area contributed by atoms with Crippen molar-refractivity contribution in [1.82, 2.24) is 10.2 Å². The first-order valence-electron chi connectivity index (χ1n) is 8.70. The Hall–Kier alpha value is -2.22. The SMILES string of the molecule is CC[C@H](NC(=O)CCC(=O)N1CCOCC1)c1ccccc1OC(F)F. The minimum atomic E-state index is -2.93. The van der Waals surface area contributed by atoms with Gasteiger partial charge in [-0.15, -0.1) is 0 Å². The van der Waals surface area contributed by atoms with Crippen molar-refractivity contribution in [2.75, 3.05) is 26.3 Å². The number of nitrogens with zero attached hydrogens (tertiary/aromatic N) is 1. The third kappa shape index (κ3) is 5.94. The zero-order valence-electron chi connectivity index (χ0n) is 14.7. The molecule has 26 heavy (non-hydrogen) atoms. The number of para-hydroxylation sites is 1. The van der Waals surface area contributed by atoms with E-state index in [1.807, 2.05) is 6.92 Å². The molecule has 6 nitrogen and oxygen atoms in total. The summed E-state index contributed by atoms with van der Waals surface area (Å²) in [5, 5.41) is 2.80. The summed E-state index contributed by atoms with van der Waals surface area (Å²) in [7, 11) is 0. The number of rotatable bonds is 8. The Balaban J connectivity index is 1.91. The first-order chi connectivity index (χ1) is 12.5. The van der Waals surface area contributed by atoms with Gasteiger partial charge in [-0.1, -0.05) is 25.1 Å². The number of halogens is 2. The Morgan fingerprint density at radius 1 is 1.23 bits per heavy atom. The fourth-order valence-electron chi connectivity index (χ4n) is 2.83. The van der Waals surface area contributed by atoms with Gasteiger partial charge in [-0.05, 0) is 12.5 Å². The van der Waals surface area contributed by atoms with Crippen molar-refractivity contribution in [2.45, 2.75) is 38.8 Å². The quantitative estimate of drug-likeness (QED) is 0.763. The van der Waals surface area contributed by atoms with Gasteiger partial charge in [0.25, 0.3) is 0 Å². The van der Waals surface area contributed by atoms with Crippen molar-refractivity contribution in [1.29, 1.82) is 0 Å². The van der Waals surface area contributed by atoms with Crippen molar-refractivity contribution >= 4 is 11.8 Å². The van der Waals surface area contributed by atoms with E-state index in [1.165, 1.54) is 6.07 Å². The number of nitrogens with one attached hydrogen (secondary N) is 1. The smallest absolute Gasteiger partial charge is 0.387 e. The van der Waals surface area contributed by atoms with Crippen molar-refractivity contribution in [3.63, 3.8) is 0 Å². The molecule has 1 aromatic carbocycles. The van der Waals surface area contributed by atoms with Crippen LogP contribution in [-0.4, -0.2) is 49.6 Å². The molecule has 0 aromatic heterocycles. The van der Waals surface area contributed by atoms with Gasteiger partial charge in [-0.2, -0.15) is 8.78 Å². The molecule has 1 atom stereocenters. The minimum absolute atomic E-state index is 0.0408. The second-order valence-electron chi connectivity index (χ2n) is 5.94. The summed E-state index contributed by atoms with van der Waals surface area (Å²) >= 11 is 0. The van der Waals surface area contributed by atoms with Gasteiger partial charge in [-0.3, -0.25) is 9.59 Å². The highest BCUT2D eigenvalue weighted by Crippen LogP contribution is 2.28. The third-order valence-electron chi connectivity index (χ3n) is 4.18. The van der Waals surface area contributed by atoms with Crippen molar-refractivity contribution in [3.05, 3.63) is 29.8 Å². The fraction of sp³-hybridized carbons (Fsp3) is 0.556. The van der Waals surface area contributed by atoms with Gasteiger partial charge in [0.05, 0.1) is 19.3 Å². The highest BCUT2D eigenvalue weighted by atomic mass is 19.3. The summed E-state index contributed by atoms with van der Waals surface area (Å²) in [6.07, 6.45) is 0.661. The molecule has 2 amide bonds. The molecule has 1 fully saturated rings. The molecule has 0 aliphatic carbocycles. The Morgan fingerprint density at radius 3 is 2.58 bits per heavy atom. The lowest BCUT2D eigenvalue weighted by molar-refractivity contribution is -0.137. The fourth-order valence-corrected chi connectivity index (χ4v) is 2.83. The Kier molecular flexibility index (Phi) is 7.77. The molecule has 1 heterocycles. The summed E-state index contributed by atoms with van der Waals surface area (Å²) in [6.45, 7) is 0.999. The molecule has 0 bridgehead atoms. The van der Waals surface area contributed by atoms with Crippen molar-refractivity contribution in [3.8, 4) is 5.75 Å². The van der Waals surface area contributed by atoms with Crippen LogP contribution in [0, 0.1) is 0 Å². The Labute approximate surface area is 151 Å². The number of carbonyl (C=O) groups is 2. The largest absolute Gasteiger partial charge is 0.434 e. The molecular weight excluding hydrogens is 346 g/mol. The Bertz CT molecular complexity index is 607. The third-order valence-corrected chi connectivity index (χ3v) is 4.18. The monoisotopic (exact) mass is 370 g/mol. The van der Waals surface area contributed by atoms with E-state index < -0.39 is 12.7 Å². The predicted octanol–water partition coefficient (Wildman–Crippen LogP) is 2.49. The van der Waals surface area contributed by atoms with Gasteiger partial charge in [0, 0.05) is 31.5 Å². The van der Waals surface area contributed by atoms with E-state index >= 15 is 0 Å². The second kappa shape index (κ2) is 10.1. The molecule has 144 valence electrons. The molecule has 1 saturated heterocycles. The van der Waals surface area contributed by atoms with Crippen LogP contribution in [0.1, 0.15) is 37.8 Å². The van der Waals surface area contributed by atoms with E-state index in [4.69, 9.17) is 4.74 Å². The van der Waals surface area contributed by atoms with Gasteiger partial charge in [-0.25, -0.2) is 0 Å². The average molecular weight is 370 g/mol. The normalized spacial score (nSPS) is 15.6. The standard InChI is InChI=1S/C18H24F2N2O4/c1-2-14(13-5-3-4-6-15(13)26-18(19)20)21-16(23)7-8-17(24)22-9-11-25-12-10-22/h3-6,14,18H,2,7-12H2,1H3,(H,21,23)/t14-/m0/s1. The summed E-state index contributed by atoms with van der Waals surface area (Å²) in [5.74, 6) is -0.345. The number of hydrogen-bond donors (Lipinski definition) is 1. The topological polar surface area (TPSA) is 67.9 Å². The summed E-state index contributed by atoms with van der Waals surface area (Å²) in [6, 6.07) is 5.92. The van der Waals surface area contributed by atoms with E-state index in [2.05, 4.69) is 10.1 Å². The molecule has 0 unspecified atom stereocenters. The summed E-state index contributed by atoms with van der Waals surface area (Å²) in [5.41, 5.74) is 0.489. The maximum absolute atomic E-state index is 12.6. The molecule has 1 aliphatic heterocycles. The first kappa shape index (κ1) is 20.1. The van der Waals surface area contributed by atoms with E-state index in [-0.39, 0.29) is 30.4 Å². The number of ether oxygens (including phenoxy) is 2. The predicted molar refractivity (Wildman–Crippen MR) is 90.9 cm³/mol. The van der Waals surface area contributed by atoms with Crippen LogP contribution in [0.25, 0.3) is 0 Å². The minimum Gasteiger partial charge on any atom is -0.434 e. The molecular formula is C18H24F2N2O4. The Morgan fingerprint density at radius 2 is 1.92 bits per heavy atom. The lowest BCUT2D eigenvalue weighted by Gasteiger charge is -2.27. The number of alkyl halides is 2. The molecule has 1 N–H and O–H groups in total. The zero-order valence-corrected chi connectivity index (χ0v) is 14.7. The highest BCUT2D eigenvalue weighted by molar-refractivity contribution is 5.84. The van der Waals surface area contributed by atoms with Crippen LogP contribution in [-0.2, 0) is 14.3 Å².